The maximum absolute atomic E-state index is 12.8. The number of nitrogens with zero attached hydrogens (tertiary/aromatic N) is 1. The topological polar surface area (TPSA) is 101 Å². The average Bonchev–Trinajstić information content (AvgIpc) is 3.05. The Morgan fingerprint density at radius 2 is 1.93 bits per heavy atom. The van der Waals surface area contributed by atoms with Gasteiger partial charge in [0.1, 0.15) is 5.69 Å². The second-order valence-electron chi connectivity index (χ2n) is 8.27. The molecular weight excluding hydrogens is 378 g/mol. The Balaban J connectivity index is 1.83. The third-order valence-corrected chi connectivity index (χ3v) is 5.72. The Hall–Kier alpha value is -2.48. The summed E-state index contributed by atoms with van der Waals surface area (Å²) in [6.07, 6.45) is 0.930. The molecule has 0 spiro atoms. The SMILES string of the molecule is Cc1[nH]c(C(=O)Nc2nc3c(s2)C(=O)CC(C)(C)C3)c(C)c1C(=O)OC(C)C. The van der Waals surface area contributed by atoms with Crippen LogP contribution in [0.25, 0.3) is 0 Å². The Labute approximate surface area is 167 Å². The fraction of sp³-hybridized carbons (Fsp3) is 0.500. The molecule has 2 N–H and O–H groups in total. The van der Waals surface area contributed by atoms with Crippen LogP contribution in [0, 0.1) is 19.3 Å². The first kappa shape index (κ1) is 20.3. The van der Waals surface area contributed by atoms with E-state index in [2.05, 4.69) is 15.3 Å². The van der Waals surface area contributed by atoms with Crippen molar-refractivity contribution in [2.45, 2.75) is 60.5 Å². The number of H-pyrrole nitrogens is 1. The highest BCUT2D eigenvalue weighted by atomic mass is 32.1. The molecule has 1 aliphatic rings. The van der Waals surface area contributed by atoms with Gasteiger partial charge in [0.15, 0.2) is 10.9 Å². The summed E-state index contributed by atoms with van der Waals surface area (Å²) in [6.45, 7) is 11.0. The number of hydrogen-bond acceptors (Lipinski definition) is 6. The Bertz CT molecular complexity index is 968. The van der Waals surface area contributed by atoms with Crippen LogP contribution in [0.3, 0.4) is 0 Å². The Morgan fingerprint density at radius 1 is 1.25 bits per heavy atom. The number of Topliss-reactive ketones (excluding diaryl/α,β-unsaturated/α-hetero) is 1. The van der Waals surface area contributed by atoms with Gasteiger partial charge in [-0.15, -0.1) is 0 Å². The summed E-state index contributed by atoms with van der Waals surface area (Å²) in [5.41, 5.74) is 2.37. The number of ether oxygens (including phenoxy) is 1. The summed E-state index contributed by atoms with van der Waals surface area (Å²) in [4.78, 5) is 45.4. The van der Waals surface area contributed by atoms with Gasteiger partial charge in [-0.25, -0.2) is 9.78 Å². The van der Waals surface area contributed by atoms with Gasteiger partial charge >= 0.3 is 5.97 Å². The van der Waals surface area contributed by atoms with Crippen LogP contribution >= 0.6 is 11.3 Å². The van der Waals surface area contributed by atoms with Crippen molar-refractivity contribution < 1.29 is 19.1 Å². The number of aryl methyl sites for hydroxylation is 1. The molecule has 0 aromatic carbocycles. The molecule has 7 nitrogen and oxygen atoms in total. The van der Waals surface area contributed by atoms with E-state index in [1.807, 2.05) is 13.8 Å². The van der Waals surface area contributed by atoms with Crippen molar-refractivity contribution in [2.24, 2.45) is 5.41 Å². The number of fused-ring (bicyclic) bond motifs is 1. The molecule has 150 valence electrons. The second kappa shape index (κ2) is 7.16. The van der Waals surface area contributed by atoms with E-state index < -0.39 is 11.9 Å². The minimum Gasteiger partial charge on any atom is -0.459 e. The average molecular weight is 404 g/mol. The molecule has 3 rings (SSSR count). The third kappa shape index (κ3) is 3.87. The summed E-state index contributed by atoms with van der Waals surface area (Å²) in [5, 5.41) is 3.15. The van der Waals surface area contributed by atoms with Gasteiger partial charge in [0, 0.05) is 12.1 Å². The van der Waals surface area contributed by atoms with Crippen LogP contribution in [0.1, 0.15) is 81.6 Å². The van der Waals surface area contributed by atoms with Crippen LogP contribution in [-0.2, 0) is 11.2 Å². The highest BCUT2D eigenvalue weighted by molar-refractivity contribution is 7.17. The normalized spacial score (nSPS) is 15.5. The first-order valence-electron chi connectivity index (χ1n) is 9.23. The lowest BCUT2D eigenvalue weighted by Gasteiger charge is -2.26. The van der Waals surface area contributed by atoms with E-state index in [0.717, 1.165) is 5.69 Å². The summed E-state index contributed by atoms with van der Waals surface area (Å²) in [6, 6.07) is 0. The minimum atomic E-state index is -0.460. The fourth-order valence-corrected chi connectivity index (χ4v) is 4.40. The number of ketones is 1. The van der Waals surface area contributed by atoms with Crippen molar-refractivity contribution in [3.05, 3.63) is 33.1 Å². The first-order chi connectivity index (χ1) is 13.0. The van der Waals surface area contributed by atoms with Crippen molar-refractivity contribution in [3.63, 3.8) is 0 Å². The summed E-state index contributed by atoms with van der Waals surface area (Å²) >= 11 is 1.20. The molecule has 1 aliphatic carbocycles. The van der Waals surface area contributed by atoms with E-state index >= 15 is 0 Å². The largest absolute Gasteiger partial charge is 0.459 e. The quantitative estimate of drug-likeness (QED) is 0.750. The highest BCUT2D eigenvalue weighted by Crippen LogP contribution is 2.38. The van der Waals surface area contributed by atoms with Gasteiger partial charge in [-0.2, -0.15) is 0 Å². The molecule has 0 aliphatic heterocycles. The highest BCUT2D eigenvalue weighted by Gasteiger charge is 2.34. The molecule has 0 fully saturated rings. The number of amides is 1. The number of rotatable bonds is 4. The van der Waals surface area contributed by atoms with E-state index in [0.29, 0.717) is 39.7 Å². The van der Waals surface area contributed by atoms with Crippen LogP contribution in [0.15, 0.2) is 0 Å². The molecule has 0 radical (unpaired) electrons. The van der Waals surface area contributed by atoms with E-state index in [1.165, 1.54) is 11.3 Å². The molecule has 0 saturated heterocycles. The van der Waals surface area contributed by atoms with Crippen LogP contribution in [0.2, 0.25) is 0 Å². The maximum Gasteiger partial charge on any atom is 0.340 e. The van der Waals surface area contributed by atoms with Gasteiger partial charge in [-0.3, -0.25) is 14.9 Å². The number of carbonyl (C=O) groups excluding carboxylic acids is 3. The standard InChI is InChI=1S/C20H25N3O4S/c1-9(2)27-18(26)14-10(3)15(21-11(14)4)17(25)23-19-22-12-7-20(5,6)8-13(24)16(12)28-19/h9,21H,7-8H2,1-6H3,(H,22,23,25). The first-order valence-corrected chi connectivity index (χ1v) is 10.0. The predicted molar refractivity (Wildman–Crippen MR) is 107 cm³/mol. The number of aromatic nitrogens is 2. The fourth-order valence-electron chi connectivity index (χ4n) is 3.49. The van der Waals surface area contributed by atoms with Crippen molar-refractivity contribution in [3.8, 4) is 0 Å². The number of thiazole rings is 1. The maximum atomic E-state index is 12.8. The third-order valence-electron chi connectivity index (χ3n) is 4.67. The van der Waals surface area contributed by atoms with E-state index in [4.69, 9.17) is 4.74 Å². The minimum absolute atomic E-state index is 0.0647. The molecule has 0 unspecified atom stereocenters. The van der Waals surface area contributed by atoms with Crippen LogP contribution in [0.5, 0.6) is 0 Å². The van der Waals surface area contributed by atoms with Gasteiger partial charge in [-0.05, 0) is 45.1 Å². The zero-order valence-corrected chi connectivity index (χ0v) is 17.8. The zero-order chi connectivity index (χ0) is 20.8. The van der Waals surface area contributed by atoms with Crippen LogP contribution in [0.4, 0.5) is 5.13 Å². The lowest BCUT2D eigenvalue weighted by atomic mass is 9.78. The molecular formula is C20H25N3O4S. The molecule has 2 aromatic rings. The van der Waals surface area contributed by atoms with Gasteiger partial charge in [-0.1, -0.05) is 25.2 Å². The van der Waals surface area contributed by atoms with E-state index in [1.54, 1.807) is 27.7 Å². The van der Waals surface area contributed by atoms with E-state index in [9.17, 15) is 14.4 Å². The predicted octanol–water partition coefficient (Wildman–Crippen LogP) is 4.06. The molecule has 0 atom stereocenters. The number of aromatic amines is 1. The van der Waals surface area contributed by atoms with Crippen molar-refractivity contribution in [1.82, 2.24) is 9.97 Å². The lowest BCUT2D eigenvalue weighted by molar-refractivity contribution is 0.0376. The van der Waals surface area contributed by atoms with Crippen molar-refractivity contribution in [2.75, 3.05) is 5.32 Å². The van der Waals surface area contributed by atoms with Crippen molar-refractivity contribution >= 4 is 34.1 Å². The molecule has 2 aromatic heterocycles. The zero-order valence-electron chi connectivity index (χ0n) is 17.0. The molecule has 8 heteroatoms. The molecule has 0 bridgehead atoms. The molecule has 2 heterocycles. The van der Waals surface area contributed by atoms with Gasteiger partial charge in [0.05, 0.1) is 22.2 Å². The number of carbonyl (C=O) groups is 3. The molecule has 0 saturated carbocycles. The van der Waals surface area contributed by atoms with Gasteiger partial charge in [0.2, 0.25) is 0 Å². The summed E-state index contributed by atoms with van der Waals surface area (Å²) in [7, 11) is 0. The number of anilines is 1. The second-order valence-corrected chi connectivity index (χ2v) is 9.27. The molecule has 28 heavy (non-hydrogen) atoms. The van der Waals surface area contributed by atoms with Crippen LogP contribution < -0.4 is 5.32 Å². The Morgan fingerprint density at radius 3 is 2.57 bits per heavy atom. The monoisotopic (exact) mass is 403 g/mol. The lowest BCUT2D eigenvalue weighted by Crippen LogP contribution is -2.26. The van der Waals surface area contributed by atoms with E-state index in [-0.39, 0.29) is 23.0 Å². The number of nitrogens with one attached hydrogen (secondary N) is 2. The number of esters is 1. The summed E-state index contributed by atoms with van der Waals surface area (Å²) < 4.78 is 5.26. The smallest absolute Gasteiger partial charge is 0.340 e. The Kier molecular flexibility index (Phi) is 5.18. The molecule has 1 amide bonds. The van der Waals surface area contributed by atoms with Crippen molar-refractivity contribution in [1.29, 1.82) is 0 Å². The number of hydrogen-bond donors (Lipinski definition) is 2. The van der Waals surface area contributed by atoms with Gasteiger partial charge < -0.3 is 9.72 Å². The summed E-state index contributed by atoms with van der Waals surface area (Å²) in [5.74, 6) is -0.797. The van der Waals surface area contributed by atoms with Crippen LogP contribution in [-0.4, -0.2) is 33.7 Å². The van der Waals surface area contributed by atoms with Gasteiger partial charge in [0.25, 0.3) is 5.91 Å².